The highest BCUT2D eigenvalue weighted by molar-refractivity contribution is 4.65. The number of allylic oxidation sites excluding steroid dienone is 1. The minimum atomic E-state index is 1.21. The van der Waals surface area contributed by atoms with Crippen LogP contribution in [0.15, 0.2) is 12.7 Å². The van der Waals surface area contributed by atoms with Gasteiger partial charge in [0, 0.05) is 0 Å². The van der Waals surface area contributed by atoms with E-state index < -0.39 is 0 Å². The molecule has 0 unspecified atom stereocenters. The molecule has 0 bridgehead atoms. The number of hydrogen-bond donors (Lipinski definition) is 0. The molecule has 56 heavy (non-hydrogen) atoms. The maximum atomic E-state index is 3.82. The van der Waals surface area contributed by atoms with Crippen LogP contribution in [0.2, 0.25) is 0 Å². The van der Waals surface area contributed by atoms with Crippen LogP contribution in [0.25, 0.3) is 0 Å². The van der Waals surface area contributed by atoms with Crippen molar-refractivity contribution in [3.05, 3.63) is 12.7 Å². The third kappa shape index (κ3) is 53.7. The summed E-state index contributed by atoms with van der Waals surface area (Å²) < 4.78 is 0. The van der Waals surface area contributed by atoms with E-state index in [0.717, 1.165) is 0 Å². The quantitative estimate of drug-likeness (QED) is 0.0426. The summed E-state index contributed by atoms with van der Waals surface area (Å²) in [6.07, 6.45) is 80.4. The Hall–Kier alpha value is -0.260. The smallest absolute Gasteiger partial charge is 0.0353 e. The van der Waals surface area contributed by atoms with E-state index in [-0.39, 0.29) is 0 Å². The van der Waals surface area contributed by atoms with Crippen molar-refractivity contribution in [2.45, 2.75) is 347 Å². The summed E-state index contributed by atoms with van der Waals surface area (Å²) in [4.78, 5) is 0. The van der Waals surface area contributed by atoms with E-state index >= 15 is 0 Å². The second kappa shape index (κ2) is 54.7. The van der Waals surface area contributed by atoms with Crippen LogP contribution in [0.3, 0.4) is 0 Å². The standard InChI is InChI=1S/C56H112/c1-3-5-7-9-11-13-15-17-19-21-23-25-27-29-31-33-35-37-39-41-43-45-47-49-51-53-55-56-54-52-50-48-46-44-42-40-38-36-34-32-30-28-26-24-22-20-18-16-14-12-10-8-6-4-2/h3H,1,4-56H2,2H3. The lowest BCUT2D eigenvalue weighted by molar-refractivity contribution is 0.507. The summed E-state index contributed by atoms with van der Waals surface area (Å²) in [6, 6.07) is 0. The van der Waals surface area contributed by atoms with Crippen LogP contribution < -0.4 is 0 Å². The fourth-order valence-electron chi connectivity index (χ4n) is 9.20. The molecule has 336 valence electrons. The van der Waals surface area contributed by atoms with Crippen molar-refractivity contribution in [3.63, 3.8) is 0 Å². The molecule has 0 heterocycles. The highest BCUT2D eigenvalue weighted by Gasteiger charge is 1.99. The van der Waals surface area contributed by atoms with Gasteiger partial charge in [-0.3, -0.25) is 0 Å². The zero-order valence-electron chi connectivity index (χ0n) is 39.8. The third-order valence-electron chi connectivity index (χ3n) is 13.3. The maximum absolute atomic E-state index is 3.82. The summed E-state index contributed by atoms with van der Waals surface area (Å²) in [5.74, 6) is 0. The van der Waals surface area contributed by atoms with Gasteiger partial charge in [0.15, 0.2) is 0 Å². The van der Waals surface area contributed by atoms with Gasteiger partial charge in [0.2, 0.25) is 0 Å². The van der Waals surface area contributed by atoms with Crippen molar-refractivity contribution in [2.75, 3.05) is 0 Å². The average Bonchev–Trinajstić information content (AvgIpc) is 3.21. The molecule has 0 aromatic carbocycles. The van der Waals surface area contributed by atoms with E-state index in [2.05, 4.69) is 19.6 Å². The molecule has 0 nitrogen and oxygen atoms in total. The van der Waals surface area contributed by atoms with Crippen LogP contribution in [-0.2, 0) is 0 Å². The molecule has 0 aliphatic rings. The Bertz CT molecular complexity index is 648. The highest BCUT2D eigenvalue weighted by atomic mass is 14.1. The molecular weight excluding hydrogens is 673 g/mol. The van der Waals surface area contributed by atoms with Gasteiger partial charge in [-0.1, -0.05) is 340 Å². The molecule has 0 fully saturated rings. The number of hydrogen-bond acceptors (Lipinski definition) is 0. The zero-order chi connectivity index (χ0) is 40.2. The van der Waals surface area contributed by atoms with Gasteiger partial charge in [0.1, 0.15) is 0 Å². The first-order valence-corrected chi connectivity index (χ1v) is 27.5. The number of unbranched alkanes of at least 4 members (excludes halogenated alkanes) is 52. The lowest BCUT2D eigenvalue weighted by atomic mass is 10.0. The Labute approximate surface area is 358 Å². The summed E-state index contributed by atoms with van der Waals surface area (Å²) in [5, 5.41) is 0. The lowest BCUT2D eigenvalue weighted by Gasteiger charge is -2.05. The van der Waals surface area contributed by atoms with Crippen LogP contribution in [0.1, 0.15) is 347 Å². The molecule has 0 atom stereocenters. The Morgan fingerprint density at radius 2 is 0.286 bits per heavy atom. The molecule has 0 amide bonds. The van der Waals surface area contributed by atoms with Crippen molar-refractivity contribution in [3.8, 4) is 0 Å². The lowest BCUT2D eigenvalue weighted by Crippen LogP contribution is -1.85. The summed E-state index contributed by atoms with van der Waals surface area (Å²) in [5.41, 5.74) is 0. The highest BCUT2D eigenvalue weighted by Crippen LogP contribution is 2.19. The second-order valence-electron chi connectivity index (χ2n) is 19.1. The Balaban J connectivity index is 3.05. The molecule has 0 heteroatoms. The monoisotopic (exact) mass is 785 g/mol. The zero-order valence-corrected chi connectivity index (χ0v) is 39.8. The molecule has 0 rings (SSSR count). The van der Waals surface area contributed by atoms with E-state index in [1.165, 1.54) is 340 Å². The molecule has 0 aromatic heterocycles. The minimum absolute atomic E-state index is 1.21. The maximum Gasteiger partial charge on any atom is -0.0353 e. The van der Waals surface area contributed by atoms with Crippen LogP contribution in [0, 0.1) is 0 Å². The first-order chi connectivity index (χ1) is 27.9. The topological polar surface area (TPSA) is 0 Å². The van der Waals surface area contributed by atoms with Crippen molar-refractivity contribution >= 4 is 0 Å². The molecule has 0 aliphatic carbocycles. The third-order valence-corrected chi connectivity index (χ3v) is 13.3. The van der Waals surface area contributed by atoms with E-state index in [1.54, 1.807) is 0 Å². The SMILES string of the molecule is C=CCCCCCCCCCCCCCCCCCCCCCCCCCCCCCCCCCCCCCCCCCCCCCCCCCCCCCC. The molecule has 0 saturated carbocycles. The van der Waals surface area contributed by atoms with E-state index in [9.17, 15) is 0 Å². The van der Waals surface area contributed by atoms with Crippen molar-refractivity contribution in [2.24, 2.45) is 0 Å². The fourth-order valence-corrected chi connectivity index (χ4v) is 9.20. The fraction of sp³-hybridized carbons (Fsp3) is 0.964. The van der Waals surface area contributed by atoms with Crippen LogP contribution >= 0.6 is 0 Å². The predicted molar refractivity (Wildman–Crippen MR) is 261 cm³/mol. The first-order valence-electron chi connectivity index (χ1n) is 27.5. The van der Waals surface area contributed by atoms with E-state index in [4.69, 9.17) is 0 Å². The van der Waals surface area contributed by atoms with Gasteiger partial charge in [-0.15, -0.1) is 6.58 Å². The molecule has 0 saturated heterocycles. The summed E-state index contributed by atoms with van der Waals surface area (Å²) >= 11 is 0. The van der Waals surface area contributed by atoms with Crippen molar-refractivity contribution in [1.29, 1.82) is 0 Å². The van der Waals surface area contributed by atoms with Crippen LogP contribution in [0.5, 0.6) is 0 Å². The Morgan fingerprint density at radius 3 is 0.393 bits per heavy atom. The van der Waals surface area contributed by atoms with Gasteiger partial charge >= 0.3 is 0 Å². The summed E-state index contributed by atoms with van der Waals surface area (Å²) in [6.45, 7) is 6.13. The van der Waals surface area contributed by atoms with Gasteiger partial charge in [0.05, 0.1) is 0 Å². The molecular formula is C56H112. The molecule has 0 spiro atoms. The first kappa shape index (κ1) is 55.7. The van der Waals surface area contributed by atoms with Crippen molar-refractivity contribution < 1.29 is 0 Å². The average molecular weight is 786 g/mol. The molecule has 0 radical (unpaired) electrons. The van der Waals surface area contributed by atoms with Gasteiger partial charge in [0.25, 0.3) is 0 Å². The normalized spacial score (nSPS) is 11.6. The van der Waals surface area contributed by atoms with Crippen molar-refractivity contribution in [1.82, 2.24) is 0 Å². The molecule has 0 N–H and O–H groups in total. The van der Waals surface area contributed by atoms with Gasteiger partial charge in [-0.25, -0.2) is 0 Å². The van der Waals surface area contributed by atoms with Crippen LogP contribution in [0.4, 0.5) is 0 Å². The predicted octanol–water partition coefficient (Wildman–Crippen LogP) is 21.9. The Morgan fingerprint density at radius 1 is 0.179 bits per heavy atom. The largest absolute Gasteiger partial charge is 0.103 e. The van der Waals surface area contributed by atoms with E-state index in [1.807, 2.05) is 0 Å². The Kier molecular flexibility index (Phi) is 54.5. The van der Waals surface area contributed by atoms with E-state index in [0.29, 0.717) is 0 Å². The molecule has 0 aromatic rings. The van der Waals surface area contributed by atoms with Crippen LogP contribution in [-0.4, -0.2) is 0 Å². The van der Waals surface area contributed by atoms with Gasteiger partial charge in [-0.05, 0) is 12.8 Å². The van der Waals surface area contributed by atoms with Gasteiger partial charge < -0.3 is 0 Å². The minimum Gasteiger partial charge on any atom is -0.103 e. The molecule has 0 aliphatic heterocycles. The number of rotatable bonds is 53. The van der Waals surface area contributed by atoms with Gasteiger partial charge in [-0.2, -0.15) is 0 Å². The summed E-state index contributed by atoms with van der Waals surface area (Å²) in [7, 11) is 0. The second-order valence-corrected chi connectivity index (χ2v) is 19.1.